The minimum atomic E-state index is -3.88. The summed E-state index contributed by atoms with van der Waals surface area (Å²) >= 11 is 0. The fourth-order valence-corrected chi connectivity index (χ4v) is 5.22. The van der Waals surface area contributed by atoms with Gasteiger partial charge in [-0.25, -0.2) is 32.1 Å². The Balaban J connectivity index is 1.65. The van der Waals surface area contributed by atoms with Crippen LogP contribution in [0.5, 0.6) is 0 Å². The number of hydrogen-bond donors (Lipinski definition) is 1. The number of benzene rings is 2. The second-order valence-corrected chi connectivity index (χ2v) is 10.1. The molecular weight excluding hydrogens is 478 g/mol. The molecule has 2 heterocycles. The summed E-state index contributed by atoms with van der Waals surface area (Å²) in [4.78, 5) is 21.0. The predicted octanol–water partition coefficient (Wildman–Crippen LogP) is 3.99. The Hall–Kier alpha value is -3.15. The number of allylic oxidation sites excluding steroid dienone is 2. The molecule has 0 aromatic heterocycles. The minimum Gasteiger partial charge on any atom is -0.378 e. The molecule has 2 aliphatic heterocycles. The van der Waals surface area contributed by atoms with E-state index in [1.54, 1.807) is 38.3 Å². The standard InChI is InChI=1S/C24H26F2N4O4S/c1-15-22(35(27,32)33)4-3-5-23(28-15)30-14-19(34-2)13-29(24(30)31)18-9-6-16(7-10-18)20-12-17(25)8-11-21(20)26/h6-12,19H,3-5,13-14H2,1-2H3,(H2,27,32,33)/t19-/m0/s1. The van der Waals surface area contributed by atoms with E-state index in [0.29, 0.717) is 29.9 Å². The fraction of sp³-hybridized carbons (Fsp3) is 0.333. The third-order valence-corrected chi connectivity index (χ3v) is 7.33. The lowest BCUT2D eigenvalue weighted by molar-refractivity contribution is 0.0802. The van der Waals surface area contributed by atoms with Gasteiger partial charge in [0, 0.05) is 24.8 Å². The van der Waals surface area contributed by atoms with Crippen molar-refractivity contribution in [2.45, 2.75) is 32.3 Å². The highest BCUT2D eigenvalue weighted by atomic mass is 32.2. The van der Waals surface area contributed by atoms with Crippen LogP contribution in [0.3, 0.4) is 0 Å². The van der Waals surface area contributed by atoms with E-state index in [-0.39, 0.29) is 47.8 Å². The van der Waals surface area contributed by atoms with E-state index in [2.05, 4.69) is 4.99 Å². The molecule has 1 saturated heterocycles. The van der Waals surface area contributed by atoms with Gasteiger partial charge in [-0.1, -0.05) is 12.1 Å². The molecule has 2 aromatic rings. The number of amidine groups is 1. The molecule has 35 heavy (non-hydrogen) atoms. The number of anilines is 1. The molecule has 2 aromatic carbocycles. The van der Waals surface area contributed by atoms with E-state index < -0.39 is 21.7 Å². The van der Waals surface area contributed by atoms with Crippen LogP contribution >= 0.6 is 0 Å². The van der Waals surface area contributed by atoms with E-state index in [4.69, 9.17) is 9.88 Å². The summed E-state index contributed by atoms with van der Waals surface area (Å²) in [6, 6.07) is 9.46. The summed E-state index contributed by atoms with van der Waals surface area (Å²) < 4.78 is 57.1. The van der Waals surface area contributed by atoms with Crippen molar-refractivity contribution in [2.24, 2.45) is 10.1 Å². The first-order valence-electron chi connectivity index (χ1n) is 11.1. The maximum absolute atomic E-state index is 14.2. The highest BCUT2D eigenvalue weighted by Crippen LogP contribution is 2.30. The van der Waals surface area contributed by atoms with Gasteiger partial charge in [0.15, 0.2) is 0 Å². The molecule has 0 radical (unpaired) electrons. The van der Waals surface area contributed by atoms with Crippen LogP contribution in [0.25, 0.3) is 11.1 Å². The van der Waals surface area contributed by atoms with E-state index in [9.17, 15) is 22.0 Å². The van der Waals surface area contributed by atoms with Gasteiger partial charge >= 0.3 is 6.03 Å². The van der Waals surface area contributed by atoms with E-state index in [1.165, 1.54) is 9.80 Å². The Kier molecular flexibility index (Phi) is 7.02. The SMILES string of the molecule is CO[C@@H]1CN(C2=NC(C)=C(S(N)(=O)=O)CCC2)C(=O)N(c2ccc(-c3cc(F)ccc3F)cc2)C1. The summed E-state index contributed by atoms with van der Waals surface area (Å²) in [5.74, 6) is -0.654. The predicted molar refractivity (Wildman–Crippen MR) is 129 cm³/mol. The zero-order valence-electron chi connectivity index (χ0n) is 19.4. The van der Waals surface area contributed by atoms with Gasteiger partial charge in [0.2, 0.25) is 10.0 Å². The summed E-state index contributed by atoms with van der Waals surface area (Å²) in [5, 5.41) is 5.33. The molecule has 2 aliphatic rings. The Labute approximate surface area is 202 Å². The number of halogens is 2. The Morgan fingerprint density at radius 1 is 1.06 bits per heavy atom. The van der Waals surface area contributed by atoms with Crippen molar-refractivity contribution in [3.8, 4) is 11.1 Å². The smallest absolute Gasteiger partial charge is 0.330 e. The van der Waals surface area contributed by atoms with Crippen molar-refractivity contribution in [1.82, 2.24) is 4.90 Å². The third kappa shape index (κ3) is 5.26. The maximum atomic E-state index is 14.2. The normalized spacial score (nSPS) is 19.6. The van der Waals surface area contributed by atoms with Crippen molar-refractivity contribution < 1.29 is 26.7 Å². The number of urea groups is 1. The van der Waals surface area contributed by atoms with Crippen LogP contribution < -0.4 is 10.0 Å². The first-order chi connectivity index (χ1) is 16.6. The molecule has 0 unspecified atom stereocenters. The molecule has 0 spiro atoms. The molecule has 2 amide bonds. The van der Waals surface area contributed by atoms with Gasteiger partial charge in [-0.2, -0.15) is 0 Å². The highest BCUT2D eigenvalue weighted by Gasteiger charge is 2.36. The fourth-order valence-electron chi connectivity index (χ4n) is 4.33. The second kappa shape index (κ2) is 9.84. The number of nitrogens with two attached hydrogens (primary N) is 1. The largest absolute Gasteiger partial charge is 0.378 e. The summed E-state index contributed by atoms with van der Waals surface area (Å²) in [5.41, 5.74) is 1.41. The number of aliphatic imine (C=N–C) groups is 1. The molecule has 0 saturated carbocycles. The molecule has 2 N–H and O–H groups in total. The molecule has 0 aliphatic carbocycles. The molecular formula is C24H26F2N4O4S. The van der Waals surface area contributed by atoms with Gasteiger partial charge in [-0.05, 0) is 55.7 Å². The van der Waals surface area contributed by atoms with Crippen molar-refractivity contribution >= 4 is 27.6 Å². The second-order valence-electron chi connectivity index (χ2n) is 8.47. The zero-order valence-corrected chi connectivity index (χ0v) is 20.2. The van der Waals surface area contributed by atoms with E-state index >= 15 is 0 Å². The summed E-state index contributed by atoms with van der Waals surface area (Å²) in [6.45, 7) is 2.11. The van der Waals surface area contributed by atoms with Crippen molar-refractivity contribution in [1.29, 1.82) is 0 Å². The average Bonchev–Trinajstić information content (AvgIpc) is 3.02. The van der Waals surface area contributed by atoms with Crippen LogP contribution in [0.2, 0.25) is 0 Å². The lowest BCUT2D eigenvalue weighted by Crippen LogP contribution is -2.58. The van der Waals surface area contributed by atoms with Gasteiger partial charge in [0.1, 0.15) is 17.5 Å². The topological polar surface area (TPSA) is 105 Å². The lowest BCUT2D eigenvalue weighted by Gasteiger charge is -2.39. The molecule has 0 bridgehead atoms. The van der Waals surface area contributed by atoms with Gasteiger partial charge in [0.25, 0.3) is 0 Å². The first-order valence-corrected chi connectivity index (χ1v) is 12.6. The molecule has 186 valence electrons. The third-order valence-electron chi connectivity index (χ3n) is 6.15. The van der Waals surface area contributed by atoms with Gasteiger partial charge in [-0.3, -0.25) is 9.80 Å². The maximum Gasteiger partial charge on any atom is 0.330 e. The first kappa shape index (κ1) is 25.0. The van der Waals surface area contributed by atoms with Crippen LogP contribution in [-0.2, 0) is 14.8 Å². The number of sulfonamides is 1. The van der Waals surface area contributed by atoms with Gasteiger partial charge in [0.05, 0.1) is 29.8 Å². The van der Waals surface area contributed by atoms with E-state index in [1.807, 2.05) is 0 Å². The Morgan fingerprint density at radius 3 is 2.40 bits per heavy atom. The molecule has 4 rings (SSSR count). The van der Waals surface area contributed by atoms with Gasteiger partial charge < -0.3 is 4.74 Å². The molecule has 1 atom stereocenters. The number of amides is 2. The van der Waals surface area contributed by atoms with Crippen LogP contribution in [0.1, 0.15) is 26.2 Å². The number of primary sulfonamides is 1. The van der Waals surface area contributed by atoms with Crippen molar-refractivity contribution in [3.05, 3.63) is 64.7 Å². The van der Waals surface area contributed by atoms with Crippen molar-refractivity contribution in [2.75, 3.05) is 25.1 Å². The Morgan fingerprint density at radius 2 is 1.74 bits per heavy atom. The number of hydrogen-bond acceptors (Lipinski definition) is 5. The number of methoxy groups -OCH3 is 1. The van der Waals surface area contributed by atoms with Crippen molar-refractivity contribution in [3.63, 3.8) is 0 Å². The number of carbonyl (C=O) groups excluding carboxylic acids is 1. The zero-order chi connectivity index (χ0) is 25.3. The number of rotatable bonds is 4. The summed E-state index contributed by atoms with van der Waals surface area (Å²) in [7, 11) is -2.34. The summed E-state index contributed by atoms with van der Waals surface area (Å²) in [6.07, 6.45) is 0.775. The monoisotopic (exact) mass is 504 g/mol. The average molecular weight is 505 g/mol. The van der Waals surface area contributed by atoms with Crippen LogP contribution in [0, 0.1) is 11.6 Å². The van der Waals surface area contributed by atoms with Crippen LogP contribution in [-0.4, -0.2) is 51.5 Å². The number of carbonyl (C=O) groups is 1. The highest BCUT2D eigenvalue weighted by molar-refractivity contribution is 7.93. The van der Waals surface area contributed by atoms with Crippen LogP contribution in [0.15, 0.2) is 58.1 Å². The number of nitrogens with zero attached hydrogens (tertiary/aromatic N) is 3. The minimum absolute atomic E-state index is 0.0669. The number of ether oxygens (including phenoxy) is 1. The molecule has 8 nitrogen and oxygen atoms in total. The molecule has 1 fully saturated rings. The van der Waals surface area contributed by atoms with E-state index in [0.717, 1.165) is 18.2 Å². The quantitative estimate of drug-likeness (QED) is 0.680. The lowest BCUT2D eigenvalue weighted by atomic mass is 10.0. The van der Waals surface area contributed by atoms with Gasteiger partial charge in [-0.15, -0.1) is 0 Å². The molecule has 11 heteroatoms. The van der Waals surface area contributed by atoms with Crippen LogP contribution in [0.4, 0.5) is 19.3 Å². The Bertz CT molecular complexity index is 1310.